The first kappa shape index (κ1) is 19.1. The summed E-state index contributed by atoms with van der Waals surface area (Å²) in [4.78, 5) is 16.2. The summed E-state index contributed by atoms with van der Waals surface area (Å²) in [6, 6.07) is -0.235. The number of guanidine groups is 1. The van der Waals surface area contributed by atoms with E-state index in [9.17, 15) is 13.2 Å². The maximum Gasteiger partial charge on any atom is 0.222 e. The summed E-state index contributed by atoms with van der Waals surface area (Å²) in [5.41, 5.74) is 0. The fourth-order valence-electron chi connectivity index (χ4n) is 2.09. The largest absolute Gasteiger partial charge is 0.357 e. The molecule has 1 aliphatic rings. The highest BCUT2D eigenvalue weighted by Gasteiger charge is 2.28. The molecule has 128 valence electrons. The summed E-state index contributed by atoms with van der Waals surface area (Å²) >= 11 is 1.73. The first-order valence-corrected chi connectivity index (χ1v) is 10.7. The van der Waals surface area contributed by atoms with E-state index in [2.05, 4.69) is 20.9 Å². The summed E-state index contributed by atoms with van der Waals surface area (Å²) in [7, 11) is -2.96. The second-order valence-corrected chi connectivity index (χ2v) is 8.31. The Morgan fingerprint density at radius 3 is 2.73 bits per heavy atom. The number of thioether (sulfide) groups is 1. The third kappa shape index (κ3) is 7.88. The molecule has 1 amide bonds. The van der Waals surface area contributed by atoms with Crippen LogP contribution in [0.3, 0.4) is 0 Å². The third-order valence-corrected chi connectivity index (χ3v) is 5.51. The number of aliphatic imine (C=N–C) groups is 1. The van der Waals surface area contributed by atoms with Crippen LogP contribution in [0.25, 0.3) is 0 Å². The topological polar surface area (TPSA) is 99.7 Å². The highest BCUT2D eigenvalue weighted by Crippen LogP contribution is 2.11. The molecular formula is C13H26N4O3S2. The Morgan fingerprint density at radius 2 is 2.14 bits per heavy atom. The van der Waals surface area contributed by atoms with Crippen molar-refractivity contribution in [3.8, 4) is 0 Å². The van der Waals surface area contributed by atoms with Crippen LogP contribution in [-0.4, -0.2) is 69.5 Å². The lowest BCUT2D eigenvalue weighted by Crippen LogP contribution is -2.41. The van der Waals surface area contributed by atoms with Crippen molar-refractivity contribution in [2.45, 2.75) is 25.8 Å². The van der Waals surface area contributed by atoms with Gasteiger partial charge in [-0.1, -0.05) is 0 Å². The molecule has 1 unspecified atom stereocenters. The van der Waals surface area contributed by atoms with Crippen molar-refractivity contribution >= 4 is 33.5 Å². The fourth-order valence-corrected chi connectivity index (χ4v) is 4.04. The number of hydrogen-bond acceptors (Lipinski definition) is 5. The average Bonchev–Trinajstić information content (AvgIpc) is 2.78. The van der Waals surface area contributed by atoms with Crippen molar-refractivity contribution in [3.05, 3.63) is 0 Å². The lowest BCUT2D eigenvalue weighted by atomic mass is 10.2. The smallest absolute Gasteiger partial charge is 0.222 e. The second kappa shape index (κ2) is 9.94. The Morgan fingerprint density at radius 1 is 1.36 bits per heavy atom. The van der Waals surface area contributed by atoms with Crippen LogP contribution >= 0.6 is 11.8 Å². The molecule has 22 heavy (non-hydrogen) atoms. The predicted molar refractivity (Wildman–Crippen MR) is 92.2 cm³/mol. The van der Waals surface area contributed by atoms with E-state index in [0.717, 1.165) is 18.8 Å². The lowest BCUT2D eigenvalue weighted by Gasteiger charge is -2.13. The van der Waals surface area contributed by atoms with Gasteiger partial charge in [-0.2, -0.15) is 11.8 Å². The zero-order valence-electron chi connectivity index (χ0n) is 13.2. The molecule has 7 nitrogen and oxygen atoms in total. The molecule has 0 radical (unpaired) electrons. The molecule has 1 rings (SSSR count). The fraction of sp³-hybridized carbons (Fsp3) is 0.846. The molecule has 0 bridgehead atoms. The third-order valence-electron chi connectivity index (χ3n) is 3.15. The molecule has 0 aromatic rings. The van der Waals surface area contributed by atoms with Gasteiger partial charge in [-0.25, -0.2) is 8.42 Å². The zero-order valence-corrected chi connectivity index (χ0v) is 14.9. The minimum Gasteiger partial charge on any atom is -0.357 e. The number of sulfone groups is 1. The van der Waals surface area contributed by atoms with Gasteiger partial charge in [0.1, 0.15) is 0 Å². The van der Waals surface area contributed by atoms with Gasteiger partial charge in [0, 0.05) is 31.3 Å². The van der Waals surface area contributed by atoms with Crippen molar-refractivity contribution in [3.63, 3.8) is 0 Å². The van der Waals surface area contributed by atoms with Gasteiger partial charge < -0.3 is 16.0 Å². The van der Waals surface area contributed by atoms with Gasteiger partial charge in [0.05, 0.1) is 18.1 Å². The van der Waals surface area contributed by atoms with Crippen LogP contribution in [0.2, 0.25) is 0 Å². The number of amides is 1. The van der Waals surface area contributed by atoms with Crippen LogP contribution in [0.15, 0.2) is 4.99 Å². The Hall–Kier alpha value is -0.960. The standard InChI is InChI=1S/C13H26N4O3S2/c1-3-14-13(16-7-8-21-2)15-6-4-12(18)17-11-5-9-22(19,20)10-11/h11H,3-10H2,1-2H3,(H,17,18)(H2,14,15,16). The summed E-state index contributed by atoms with van der Waals surface area (Å²) in [6.07, 6.45) is 2.84. The van der Waals surface area contributed by atoms with E-state index in [1.165, 1.54) is 0 Å². The van der Waals surface area contributed by atoms with E-state index in [-0.39, 0.29) is 23.5 Å². The Balaban J connectivity index is 2.26. The molecular weight excluding hydrogens is 324 g/mol. The van der Waals surface area contributed by atoms with Gasteiger partial charge in [-0.3, -0.25) is 9.79 Å². The highest BCUT2D eigenvalue weighted by atomic mass is 32.2. The monoisotopic (exact) mass is 350 g/mol. The van der Waals surface area contributed by atoms with Gasteiger partial charge in [0.25, 0.3) is 0 Å². The van der Waals surface area contributed by atoms with Crippen LogP contribution in [0.4, 0.5) is 0 Å². The number of nitrogens with zero attached hydrogens (tertiary/aromatic N) is 1. The number of carbonyl (C=O) groups excluding carboxylic acids is 1. The van der Waals surface area contributed by atoms with Crippen molar-refractivity contribution < 1.29 is 13.2 Å². The quantitative estimate of drug-likeness (QED) is 0.313. The minimum absolute atomic E-state index is 0.0605. The van der Waals surface area contributed by atoms with Crippen molar-refractivity contribution in [1.82, 2.24) is 16.0 Å². The normalized spacial score (nSPS) is 20.6. The van der Waals surface area contributed by atoms with Gasteiger partial charge in [0.15, 0.2) is 15.8 Å². The van der Waals surface area contributed by atoms with Crippen molar-refractivity contribution in [2.24, 2.45) is 4.99 Å². The van der Waals surface area contributed by atoms with E-state index in [1.807, 2.05) is 13.2 Å². The molecule has 9 heteroatoms. The van der Waals surface area contributed by atoms with Crippen LogP contribution < -0.4 is 16.0 Å². The van der Waals surface area contributed by atoms with Gasteiger partial charge in [-0.05, 0) is 19.6 Å². The maximum absolute atomic E-state index is 11.8. The minimum atomic E-state index is -2.96. The Kier molecular flexibility index (Phi) is 8.62. The Labute approximate surface area is 137 Å². The first-order valence-electron chi connectivity index (χ1n) is 7.47. The first-order chi connectivity index (χ1) is 10.5. The summed E-state index contributed by atoms with van der Waals surface area (Å²) in [5, 5.41) is 8.99. The SMILES string of the molecule is CCNC(=NCCSC)NCCC(=O)NC1CCS(=O)(=O)C1. The molecule has 0 saturated carbocycles. The summed E-state index contributed by atoms with van der Waals surface area (Å²) in [6.45, 7) is 3.94. The van der Waals surface area contributed by atoms with Crippen LogP contribution in [-0.2, 0) is 14.6 Å². The average molecular weight is 351 g/mol. The Bertz CT molecular complexity index is 480. The zero-order chi connectivity index (χ0) is 16.4. The maximum atomic E-state index is 11.8. The van der Waals surface area contributed by atoms with E-state index in [0.29, 0.717) is 25.3 Å². The molecule has 0 aromatic heterocycles. The highest BCUT2D eigenvalue weighted by molar-refractivity contribution is 7.98. The summed E-state index contributed by atoms with van der Waals surface area (Å²) < 4.78 is 22.7. The second-order valence-electron chi connectivity index (χ2n) is 5.10. The summed E-state index contributed by atoms with van der Waals surface area (Å²) in [5.74, 6) is 1.75. The number of carbonyl (C=O) groups is 1. The van der Waals surface area contributed by atoms with E-state index >= 15 is 0 Å². The molecule has 1 heterocycles. The molecule has 3 N–H and O–H groups in total. The molecule has 1 aliphatic heterocycles. The van der Waals surface area contributed by atoms with Crippen LogP contribution in [0.1, 0.15) is 19.8 Å². The number of nitrogens with one attached hydrogen (secondary N) is 3. The molecule has 1 atom stereocenters. The van der Waals surface area contributed by atoms with E-state index in [4.69, 9.17) is 0 Å². The molecule has 1 saturated heterocycles. The number of rotatable bonds is 8. The lowest BCUT2D eigenvalue weighted by molar-refractivity contribution is -0.121. The van der Waals surface area contributed by atoms with Gasteiger partial charge >= 0.3 is 0 Å². The van der Waals surface area contributed by atoms with Crippen molar-refractivity contribution in [1.29, 1.82) is 0 Å². The predicted octanol–water partition coefficient (Wildman–Crippen LogP) is -0.402. The molecule has 0 aromatic carbocycles. The van der Waals surface area contributed by atoms with Gasteiger partial charge in [-0.15, -0.1) is 0 Å². The molecule has 1 fully saturated rings. The number of hydrogen-bond donors (Lipinski definition) is 3. The molecule has 0 spiro atoms. The van der Waals surface area contributed by atoms with Crippen LogP contribution in [0, 0.1) is 0 Å². The van der Waals surface area contributed by atoms with Crippen molar-refractivity contribution in [2.75, 3.05) is 43.1 Å². The van der Waals surface area contributed by atoms with Gasteiger partial charge in [0.2, 0.25) is 5.91 Å². The van der Waals surface area contributed by atoms with Crippen LogP contribution in [0.5, 0.6) is 0 Å². The van der Waals surface area contributed by atoms with E-state index < -0.39 is 9.84 Å². The molecule has 0 aliphatic carbocycles. The van der Waals surface area contributed by atoms with E-state index in [1.54, 1.807) is 11.8 Å².